The van der Waals surface area contributed by atoms with E-state index >= 15 is 0 Å². The zero-order valence-electron chi connectivity index (χ0n) is 19.6. The molecule has 4 atom stereocenters. The van der Waals surface area contributed by atoms with E-state index in [4.69, 9.17) is 5.73 Å². The summed E-state index contributed by atoms with van der Waals surface area (Å²) in [6.45, 7) is 4.36. The highest BCUT2D eigenvalue weighted by molar-refractivity contribution is 6.06. The van der Waals surface area contributed by atoms with Crippen molar-refractivity contribution in [3.63, 3.8) is 0 Å². The van der Waals surface area contributed by atoms with E-state index in [9.17, 15) is 9.59 Å². The van der Waals surface area contributed by atoms with E-state index in [0.717, 1.165) is 49.7 Å². The monoisotopic (exact) mass is 439 g/mol. The molecule has 3 nitrogen and oxygen atoms in total. The zero-order chi connectivity index (χ0) is 23.2. The van der Waals surface area contributed by atoms with Crippen molar-refractivity contribution < 1.29 is 9.59 Å². The molecule has 33 heavy (non-hydrogen) atoms. The molecule has 0 bridgehead atoms. The van der Waals surface area contributed by atoms with Crippen LogP contribution in [0, 0.1) is 17.3 Å². The molecule has 0 radical (unpaired) electrons. The number of carbonyl (C=O) groups excluding carboxylic acids is 2. The predicted molar refractivity (Wildman–Crippen MR) is 134 cm³/mol. The molecule has 170 valence electrons. The standard InChI is InChI=1S/C30H33NO2/c1-3-4-6-19-9-11-24-21(15-19)10-12-26-25(24)13-14-30(2)27(26)18-23(28(30)32)17-20-7-5-8-22(16-20)29(31)33/h4-9,11,15-17,25-27H,3,10,12-14,18H2,1-2H3,(H2,31,33)/b6-4+,23-17+/t25-,26-,27+,30+/m1/s1. The lowest BCUT2D eigenvalue weighted by Gasteiger charge is -2.48. The number of rotatable bonds is 4. The molecular formula is C30H33NO2. The summed E-state index contributed by atoms with van der Waals surface area (Å²) in [5.41, 5.74) is 11.8. The Morgan fingerprint density at radius 2 is 2.00 bits per heavy atom. The number of hydrogen-bond donors (Lipinski definition) is 1. The summed E-state index contributed by atoms with van der Waals surface area (Å²) in [4.78, 5) is 25.2. The Balaban J connectivity index is 1.44. The number of hydrogen-bond acceptors (Lipinski definition) is 2. The third-order valence-corrected chi connectivity index (χ3v) is 8.45. The Labute approximate surface area is 196 Å². The molecule has 2 aromatic rings. The van der Waals surface area contributed by atoms with Crippen LogP contribution in [0.15, 0.2) is 54.1 Å². The molecule has 1 amide bonds. The van der Waals surface area contributed by atoms with Crippen LogP contribution >= 0.6 is 0 Å². The largest absolute Gasteiger partial charge is 0.366 e. The molecule has 2 saturated carbocycles. The first-order chi connectivity index (χ1) is 15.9. The highest BCUT2D eigenvalue weighted by Gasteiger charge is 2.56. The van der Waals surface area contributed by atoms with Crippen LogP contribution in [0.1, 0.15) is 84.5 Å². The number of benzene rings is 2. The Morgan fingerprint density at radius 3 is 2.79 bits per heavy atom. The van der Waals surface area contributed by atoms with Gasteiger partial charge in [-0.3, -0.25) is 9.59 Å². The Hall–Kier alpha value is -2.94. The van der Waals surface area contributed by atoms with Gasteiger partial charge in [0.05, 0.1) is 0 Å². The van der Waals surface area contributed by atoms with Crippen LogP contribution in [-0.2, 0) is 11.2 Å². The van der Waals surface area contributed by atoms with E-state index in [0.29, 0.717) is 29.1 Å². The molecule has 0 unspecified atom stereocenters. The van der Waals surface area contributed by atoms with Gasteiger partial charge in [-0.2, -0.15) is 0 Å². The Kier molecular flexibility index (Phi) is 5.60. The Bertz CT molecular complexity index is 1170. The maximum Gasteiger partial charge on any atom is 0.248 e. The van der Waals surface area contributed by atoms with Gasteiger partial charge in [-0.05, 0) is 102 Å². The highest BCUT2D eigenvalue weighted by atomic mass is 16.1. The third-order valence-electron chi connectivity index (χ3n) is 8.45. The van der Waals surface area contributed by atoms with Crippen molar-refractivity contribution in [1.29, 1.82) is 0 Å². The highest BCUT2D eigenvalue weighted by Crippen LogP contribution is 2.60. The van der Waals surface area contributed by atoms with Crippen LogP contribution in [0.25, 0.3) is 12.2 Å². The molecule has 0 aliphatic heterocycles. The molecule has 0 aromatic heterocycles. The number of Topliss-reactive ketones (excluding diaryl/α,β-unsaturated/α-hetero) is 1. The summed E-state index contributed by atoms with van der Waals surface area (Å²) in [5, 5.41) is 0. The van der Waals surface area contributed by atoms with Crippen molar-refractivity contribution in [3.8, 4) is 0 Å². The van der Waals surface area contributed by atoms with Crippen LogP contribution in [0.4, 0.5) is 0 Å². The molecule has 3 aliphatic carbocycles. The van der Waals surface area contributed by atoms with Crippen molar-refractivity contribution in [2.45, 2.75) is 58.3 Å². The van der Waals surface area contributed by atoms with Gasteiger partial charge in [0.25, 0.3) is 0 Å². The van der Waals surface area contributed by atoms with E-state index in [2.05, 4.69) is 44.2 Å². The van der Waals surface area contributed by atoms with Crippen LogP contribution in [0.5, 0.6) is 0 Å². The van der Waals surface area contributed by atoms with Crippen LogP contribution in [0.2, 0.25) is 0 Å². The Morgan fingerprint density at radius 1 is 1.15 bits per heavy atom. The summed E-state index contributed by atoms with van der Waals surface area (Å²) in [5.74, 6) is 1.37. The lowest BCUT2D eigenvalue weighted by atomic mass is 9.55. The summed E-state index contributed by atoms with van der Waals surface area (Å²) < 4.78 is 0. The smallest absolute Gasteiger partial charge is 0.248 e. The topological polar surface area (TPSA) is 60.2 Å². The van der Waals surface area contributed by atoms with Gasteiger partial charge >= 0.3 is 0 Å². The normalized spacial score (nSPS) is 29.7. The maximum absolute atomic E-state index is 13.6. The molecular weight excluding hydrogens is 406 g/mol. The summed E-state index contributed by atoms with van der Waals surface area (Å²) in [7, 11) is 0. The van der Waals surface area contributed by atoms with Gasteiger partial charge < -0.3 is 5.73 Å². The van der Waals surface area contributed by atoms with E-state index in [1.165, 1.54) is 16.7 Å². The van der Waals surface area contributed by atoms with Crippen molar-refractivity contribution in [3.05, 3.63) is 81.9 Å². The number of carbonyl (C=O) groups is 2. The fourth-order valence-electron chi connectivity index (χ4n) is 6.74. The molecule has 5 rings (SSSR count). The second-order valence-electron chi connectivity index (χ2n) is 10.3. The first-order valence-corrected chi connectivity index (χ1v) is 12.4. The molecule has 0 heterocycles. The quantitative estimate of drug-likeness (QED) is 0.566. The van der Waals surface area contributed by atoms with Gasteiger partial charge in [0, 0.05) is 11.0 Å². The van der Waals surface area contributed by atoms with E-state index in [1.54, 1.807) is 12.1 Å². The first-order valence-electron chi connectivity index (χ1n) is 12.4. The van der Waals surface area contributed by atoms with Gasteiger partial charge in [0.15, 0.2) is 5.78 Å². The number of allylic oxidation sites excluding steroid dienone is 2. The number of aryl methyl sites for hydroxylation is 1. The van der Waals surface area contributed by atoms with Crippen LogP contribution in [-0.4, -0.2) is 11.7 Å². The van der Waals surface area contributed by atoms with Crippen molar-refractivity contribution in [2.75, 3.05) is 0 Å². The lowest BCUT2D eigenvalue weighted by Crippen LogP contribution is -2.42. The summed E-state index contributed by atoms with van der Waals surface area (Å²) >= 11 is 0. The maximum atomic E-state index is 13.6. The molecule has 2 fully saturated rings. The van der Waals surface area contributed by atoms with Crippen molar-refractivity contribution in [1.82, 2.24) is 0 Å². The number of primary amides is 1. The van der Waals surface area contributed by atoms with Crippen molar-refractivity contribution >= 4 is 23.8 Å². The van der Waals surface area contributed by atoms with E-state index < -0.39 is 5.91 Å². The zero-order valence-corrected chi connectivity index (χ0v) is 19.6. The van der Waals surface area contributed by atoms with Crippen LogP contribution < -0.4 is 5.73 Å². The number of amides is 1. The number of ketones is 1. The molecule has 2 N–H and O–H groups in total. The van der Waals surface area contributed by atoms with E-state index in [-0.39, 0.29) is 5.41 Å². The minimum atomic E-state index is -0.439. The molecule has 3 aliphatic rings. The molecule has 2 aromatic carbocycles. The number of fused-ring (bicyclic) bond motifs is 5. The third kappa shape index (κ3) is 3.78. The molecule has 0 saturated heterocycles. The second kappa shape index (κ2) is 8.44. The lowest BCUT2D eigenvalue weighted by molar-refractivity contribution is -0.127. The van der Waals surface area contributed by atoms with Crippen LogP contribution in [0.3, 0.4) is 0 Å². The molecule has 3 heteroatoms. The number of nitrogens with two attached hydrogens (primary N) is 1. The SMILES string of the molecule is CC/C=C/c1ccc2c(c1)CC[C@@H]1[C@@H]2CC[C@]2(C)C(=O)/C(=C/c3cccc(C(N)=O)c3)C[C@@H]12. The fraction of sp³-hybridized carbons (Fsp3) is 0.400. The average molecular weight is 440 g/mol. The van der Waals surface area contributed by atoms with E-state index in [1.807, 2.05) is 18.2 Å². The second-order valence-corrected chi connectivity index (χ2v) is 10.3. The van der Waals surface area contributed by atoms with Gasteiger partial charge in [-0.15, -0.1) is 0 Å². The molecule has 0 spiro atoms. The minimum absolute atomic E-state index is 0.268. The minimum Gasteiger partial charge on any atom is -0.366 e. The fourth-order valence-corrected chi connectivity index (χ4v) is 6.74. The first kappa shape index (κ1) is 21.9. The van der Waals surface area contributed by atoms with Gasteiger partial charge in [-0.25, -0.2) is 0 Å². The van der Waals surface area contributed by atoms with Gasteiger partial charge in [-0.1, -0.05) is 56.3 Å². The van der Waals surface area contributed by atoms with Gasteiger partial charge in [0.2, 0.25) is 5.91 Å². The van der Waals surface area contributed by atoms with Gasteiger partial charge in [0.1, 0.15) is 0 Å². The van der Waals surface area contributed by atoms with Crippen molar-refractivity contribution in [2.24, 2.45) is 23.0 Å². The summed E-state index contributed by atoms with van der Waals surface area (Å²) in [6.07, 6.45) is 12.6. The predicted octanol–water partition coefficient (Wildman–Crippen LogP) is 6.33. The average Bonchev–Trinajstić information content (AvgIpc) is 3.07. The summed E-state index contributed by atoms with van der Waals surface area (Å²) in [6, 6.07) is 14.3.